The van der Waals surface area contributed by atoms with E-state index in [9.17, 15) is 4.79 Å². The third kappa shape index (κ3) is 1.86. The van der Waals surface area contributed by atoms with Gasteiger partial charge in [0, 0.05) is 12.1 Å². The van der Waals surface area contributed by atoms with Crippen molar-refractivity contribution in [3.05, 3.63) is 0 Å². The molecule has 0 radical (unpaired) electrons. The van der Waals surface area contributed by atoms with Crippen LogP contribution in [0.3, 0.4) is 0 Å². The lowest BCUT2D eigenvalue weighted by atomic mass is 10.0. The highest BCUT2D eigenvalue weighted by Gasteiger charge is 2.65. The Morgan fingerprint density at radius 1 is 1.19 bits per heavy atom. The summed E-state index contributed by atoms with van der Waals surface area (Å²) >= 11 is 0. The monoisotopic (exact) mass is 224 g/mol. The van der Waals surface area contributed by atoms with Crippen molar-refractivity contribution in [1.29, 1.82) is 0 Å². The Hall–Kier alpha value is -0.570. The Morgan fingerprint density at radius 3 is 2.06 bits per heavy atom. The van der Waals surface area contributed by atoms with E-state index in [4.69, 9.17) is 0 Å². The highest BCUT2D eigenvalue weighted by molar-refractivity contribution is 5.82. The minimum Gasteiger partial charge on any atom is -0.352 e. The van der Waals surface area contributed by atoms with Crippen LogP contribution in [0.1, 0.15) is 47.5 Å². The second-order valence-corrected chi connectivity index (χ2v) is 6.55. The second kappa shape index (κ2) is 3.46. The summed E-state index contributed by atoms with van der Waals surface area (Å²) < 4.78 is 0. The normalized spacial score (nSPS) is 28.6. The van der Waals surface area contributed by atoms with Crippen molar-refractivity contribution in [2.24, 2.45) is 10.8 Å². The van der Waals surface area contributed by atoms with Crippen LogP contribution in [0.2, 0.25) is 0 Å². The van der Waals surface area contributed by atoms with Gasteiger partial charge >= 0.3 is 0 Å². The maximum absolute atomic E-state index is 11.8. The molecule has 2 aliphatic carbocycles. The quantitative estimate of drug-likeness (QED) is 0.763. The van der Waals surface area contributed by atoms with Gasteiger partial charge in [-0.15, -0.1) is 0 Å². The molecule has 0 aromatic carbocycles. The average molecular weight is 224 g/mol. The zero-order valence-electron chi connectivity index (χ0n) is 11.1. The minimum atomic E-state index is -0.0772. The van der Waals surface area contributed by atoms with Crippen LogP contribution in [0, 0.1) is 10.8 Å². The average Bonchev–Trinajstić information content (AvgIpc) is 3.02. The molecule has 2 saturated carbocycles. The van der Waals surface area contributed by atoms with Gasteiger partial charge < -0.3 is 10.6 Å². The Bertz CT molecular complexity index is 291. The summed E-state index contributed by atoms with van der Waals surface area (Å²) in [5.74, 6) is 0.154. The van der Waals surface area contributed by atoms with Crippen molar-refractivity contribution < 1.29 is 4.79 Å². The van der Waals surface area contributed by atoms with E-state index in [1.807, 2.05) is 6.92 Å². The van der Waals surface area contributed by atoms with E-state index >= 15 is 0 Å². The van der Waals surface area contributed by atoms with E-state index in [-0.39, 0.29) is 11.9 Å². The fourth-order valence-electron chi connectivity index (χ4n) is 2.49. The summed E-state index contributed by atoms with van der Waals surface area (Å²) in [6.07, 6.45) is 2.30. The molecule has 0 bridgehead atoms. The molecule has 1 amide bonds. The minimum absolute atomic E-state index is 0.0772. The molecule has 2 N–H and O–H groups in total. The summed E-state index contributed by atoms with van der Waals surface area (Å²) in [6, 6.07) is 0.823. The molecule has 3 heteroatoms. The molecule has 0 aromatic rings. The maximum Gasteiger partial charge on any atom is 0.237 e. The molecule has 0 aliphatic heterocycles. The molecule has 0 spiro atoms. The molecular formula is C13H24N2O. The van der Waals surface area contributed by atoms with Gasteiger partial charge in [0.25, 0.3) is 0 Å². The number of carbonyl (C=O) groups is 1. The lowest BCUT2D eigenvalue weighted by Gasteiger charge is -2.15. The van der Waals surface area contributed by atoms with Gasteiger partial charge in [0.15, 0.2) is 0 Å². The molecule has 0 saturated heterocycles. The van der Waals surface area contributed by atoms with Crippen molar-refractivity contribution in [2.75, 3.05) is 0 Å². The molecule has 3 nitrogen and oxygen atoms in total. The number of hydrogen-bond acceptors (Lipinski definition) is 2. The summed E-state index contributed by atoms with van der Waals surface area (Å²) in [5, 5.41) is 6.50. The lowest BCUT2D eigenvalue weighted by Crippen LogP contribution is -2.45. The lowest BCUT2D eigenvalue weighted by molar-refractivity contribution is -0.123. The Labute approximate surface area is 98.4 Å². The van der Waals surface area contributed by atoms with Gasteiger partial charge in [-0.05, 0) is 30.6 Å². The smallest absolute Gasteiger partial charge is 0.237 e. The summed E-state index contributed by atoms with van der Waals surface area (Å²) in [5.41, 5.74) is 0.586. The van der Waals surface area contributed by atoms with Gasteiger partial charge in [0.05, 0.1) is 6.04 Å². The topological polar surface area (TPSA) is 41.1 Å². The van der Waals surface area contributed by atoms with Crippen LogP contribution >= 0.6 is 0 Å². The second-order valence-electron chi connectivity index (χ2n) is 6.55. The summed E-state index contributed by atoms with van der Waals surface area (Å²) in [4.78, 5) is 11.8. The van der Waals surface area contributed by atoms with Gasteiger partial charge in [0.2, 0.25) is 5.91 Å². The Morgan fingerprint density at radius 2 is 1.69 bits per heavy atom. The zero-order chi connectivity index (χ0) is 12.1. The van der Waals surface area contributed by atoms with Gasteiger partial charge in [-0.2, -0.15) is 0 Å². The predicted molar refractivity (Wildman–Crippen MR) is 65.1 cm³/mol. The maximum atomic E-state index is 11.8. The molecule has 1 unspecified atom stereocenters. The first-order chi connectivity index (χ1) is 7.26. The zero-order valence-corrected chi connectivity index (χ0v) is 11.1. The van der Waals surface area contributed by atoms with Crippen LogP contribution in [0.25, 0.3) is 0 Å². The van der Waals surface area contributed by atoms with Crippen LogP contribution in [0.15, 0.2) is 0 Å². The van der Waals surface area contributed by atoms with E-state index in [1.54, 1.807) is 0 Å². The van der Waals surface area contributed by atoms with Gasteiger partial charge in [-0.1, -0.05) is 27.7 Å². The van der Waals surface area contributed by atoms with Crippen molar-refractivity contribution in [3.63, 3.8) is 0 Å². The van der Waals surface area contributed by atoms with Crippen LogP contribution in [-0.2, 0) is 4.79 Å². The van der Waals surface area contributed by atoms with Crippen molar-refractivity contribution in [1.82, 2.24) is 10.6 Å². The molecule has 0 heterocycles. The number of hydrogen-bond donors (Lipinski definition) is 2. The molecule has 2 fully saturated rings. The third-order valence-corrected chi connectivity index (χ3v) is 4.75. The summed E-state index contributed by atoms with van der Waals surface area (Å²) in [6.45, 7) is 11.0. The van der Waals surface area contributed by atoms with E-state index < -0.39 is 0 Å². The highest BCUT2D eigenvalue weighted by atomic mass is 16.2. The molecule has 1 atom stereocenters. The highest BCUT2D eigenvalue weighted by Crippen LogP contribution is 2.62. The van der Waals surface area contributed by atoms with Gasteiger partial charge in [0.1, 0.15) is 0 Å². The number of amides is 1. The van der Waals surface area contributed by atoms with Crippen LogP contribution < -0.4 is 10.6 Å². The van der Waals surface area contributed by atoms with Crippen molar-refractivity contribution in [2.45, 2.75) is 65.6 Å². The molecule has 92 valence electrons. The Balaban J connectivity index is 1.83. The van der Waals surface area contributed by atoms with Crippen molar-refractivity contribution in [3.8, 4) is 0 Å². The van der Waals surface area contributed by atoms with Crippen LogP contribution in [0.5, 0.6) is 0 Å². The van der Waals surface area contributed by atoms with Gasteiger partial charge in [-0.3, -0.25) is 4.79 Å². The van der Waals surface area contributed by atoms with Gasteiger partial charge in [-0.25, -0.2) is 0 Å². The first kappa shape index (κ1) is 11.9. The largest absolute Gasteiger partial charge is 0.352 e. The SMILES string of the molecule is CC(NC1C(C)(C)C1(C)C)C(=O)NC1CC1. The van der Waals surface area contributed by atoms with Crippen molar-refractivity contribution >= 4 is 5.91 Å². The number of rotatable bonds is 4. The fraction of sp³-hybridized carbons (Fsp3) is 0.923. The standard InChI is InChI=1S/C13H24N2O/c1-8(10(16)15-9-6-7-9)14-11-12(2,3)13(11,4)5/h8-9,11,14H,6-7H2,1-5H3,(H,15,16). The Kier molecular flexibility index (Phi) is 2.57. The molecular weight excluding hydrogens is 200 g/mol. The first-order valence-corrected chi connectivity index (χ1v) is 6.33. The predicted octanol–water partition coefficient (Wildman–Crippen LogP) is 1.68. The van der Waals surface area contributed by atoms with E-state index in [0.717, 1.165) is 12.8 Å². The van der Waals surface area contributed by atoms with E-state index in [0.29, 0.717) is 22.9 Å². The molecule has 2 rings (SSSR count). The fourth-order valence-corrected chi connectivity index (χ4v) is 2.49. The third-order valence-electron chi connectivity index (χ3n) is 4.75. The summed E-state index contributed by atoms with van der Waals surface area (Å²) in [7, 11) is 0. The number of carbonyl (C=O) groups excluding carboxylic acids is 1. The number of nitrogens with one attached hydrogen (secondary N) is 2. The molecule has 2 aliphatic rings. The van der Waals surface area contributed by atoms with Crippen LogP contribution in [-0.4, -0.2) is 24.0 Å². The first-order valence-electron chi connectivity index (χ1n) is 6.33. The molecule has 16 heavy (non-hydrogen) atoms. The molecule has 0 aromatic heterocycles. The van der Waals surface area contributed by atoms with Crippen LogP contribution in [0.4, 0.5) is 0 Å². The van der Waals surface area contributed by atoms with E-state index in [1.165, 1.54) is 0 Å². The van der Waals surface area contributed by atoms with E-state index in [2.05, 4.69) is 38.3 Å².